The van der Waals surface area contributed by atoms with E-state index in [0.29, 0.717) is 6.42 Å². The van der Waals surface area contributed by atoms with Crippen molar-refractivity contribution in [2.24, 2.45) is 0 Å². The summed E-state index contributed by atoms with van der Waals surface area (Å²) in [5.41, 5.74) is 0.239. The summed E-state index contributed by atoms with van der Waals surface area (Å²) in [6.07, 6.45) is 0.211. The van der Waals surface area contributed by atoms with E-state index < -0.39 is 17.8 Å². The fraction of sp³-hybridized carbons (Fsp3) is 0.364. The lowest BCUT2D eigenvalue weighted by Crippen LogP contribution is -2.37. The lowest BCUT2D eigenvalue weighted by atomic mass is 9.74. The van der Waals surface area contributed by atoms with E-state index in [1.807, 2.05) is 0 Å². The van der Waals surface area contributed by atoms with Crippen LogP contribution in [-0.4, -0.2) is 17.0 Å². The highest BCUT2D eigenvalue weighted by atomic mass is 19.3. The number of hydrogen-bond donors (Lipinski definition) is 1. The maximum atomic E-state index is 13.1. The third kappa shape index (κ3) is 1.60. The second-order valence-corrected chi connectivity index (χ2v) is 3.74. The average molecular weight is 212 g/mol. The van der Waals surface area contributed by atoms with Gasteiger partial charge < -0.3 is 5.11 Å². The summed E-state index contributed by atoms with van der Waals surface area (Å²) in [5, 5.41) is 8.86. The summed E-state index contributed by atoms with van der Waals surface area (Å²) >= 11 is 0. The molecule has 0 spiro atoms. The van der Waals surface area contributed by atoms with Crippen LogP contribution in [0.4, 0.5) is 8.78 Å². The fourth-order valence-electron chi connectivity index (χ4n) is 1.89. The topological polar surface area (TPSA) is 37.3 Å². The van der Waals surface area contributed by atoms with Crippen LogP contribution in [0.2, 0.25) is 0 Å². The van der Waals surface area contributed by atoms with Gasteiger partial charge in [-0.25, -0.2) is 13.6 Å². The highest BCUT2D eigenvalue weighted by molar-refractivity contribution is 5.89. The zero-order valence-electron chi connectivity index (χ0n) is 7.91. The Hall–Kier alpha value is -1.45. The fourth-order valence-corrected chi connectivity index (χ4v) is 1.89. The SMILES string of the molecule is O=C(O)c1ccccc1C1CCC1(F)F. The maximum absolute atomic E-state index is 13.1. The Kier molecular flexibility index (Phi) is 2.21. The third-order valence-corrected chi connectivity index (χ3v) is 2.84. The number of carboxylic acid groups (broad SMARTS) is 1. The Morgan fingerprint density at radius 1 is 1.40 bits per heavy atom. The van der Waals surface area contributed by atoms with Crippen molar-refractivity contribution in [3.63, 3.8) is 0 Å². The normalized spacial score (nSPS) is 23.2. The van der Waals surface area contributed by atoms with Crippen molar-refractivity contribution in [2.45, 2.75) is 24.7 Å². The predicted octanol–water partition coefficient (Wildman–Crippen LogP) is 2.90. The molecule has 1 atom stereocenters. The number of aromatic carboxylic acids is 1. The Morgan fingerprint density at radius 3 is 2.53 bits per heavy atom. The van der Waals surface area contributed by atoms with E-state index in [4.69, 9.17) is 5.11 Å². The van der Waals surface area contributed by atoms with Crippen LogP contribution in [0.15, 0.2) is 24.3 Å². The Balaban J connectivity index is 2.40. The first kappa shape index (κ1) is 10.1. The van der Waals surface area contributed by atoms with Crippen molar-refractivity contribution in [3.05, 3.63) is 35.4 Å². The van der Waals surface area contributed by atoms with Crippen molar-refractivity contribution < 1.29 is 18.7 Å². The molecule has 0 saturated heterocycles. The minimum absolute atomic E-state index is 0.0122. The van der Waals surface area contributed by atoms with E-state index in [9.17, 15) is 13.6 Å². The molecular weight excluding hydrogens is 202 g/mol. The molecule has 1 aromatic carbocycles. The number of carboxylic acids is 1. The Morgan fingerprint density at radius 2 is 2.07 bits per heavy atom. The van der Waals surface area contributed by atoms with Crippen LogP contribution in [0.25, 0.3) is 0 Å². The quantitative estimate of drug-likeness (QED) is 0.818. The van der Waals surface area contributed by atoms with E-state index in [0.717, 1.165) is 0 Å². The number of alkyl halides is 2. The second-order valence-electron chi connectivity index (χ2n) is 3.74. The lowest BCUT2D eigenvalue weighted by molar-refractivity contribution is -0.0963. The average Bonchev–Trinajstić information content (AvgIpc) is 2.17. The van der Waals surface area contributed by atoms with Crippen LogP contribution in [0.3, 0.4) is 0 Å². The van der Waals surface area contributed by atoms with Gasteiger partial charge >= 0.3 is 5.97 Å². The first-order valence-electron chi connectivity index (χ1n) is 4.72. The lowest BCUT2D eigenvalue weighted by Gasteiger charge is -2.37. The van der Waals surface area contributed by atoms with Gasteiger partial charge in [0.25, 0.3) is 5.92 Å². The number of benzene rings is 1. The zero-order chi connectivity index (χ0) is 11.1. The predicted molar refractivity (Wildman–Crippen MR) is 50.3 cm³/mol. The van der Waals surface area contributed by atoms with Gasteiger partial charge in [0.1, 0.15) is 0 Å². The van der Waals surface area contributed by atoms with Gasteiger partial charge in [-0.1, -0.05) is 18.2 Å². The van der Waals surface area contributed by atoms with Crippen molar-refractivity contribution in [2.75, 3.05) is 0 Å². The van der Waals surface area contributed by atoms with Crippen LogP contribution >= 0.6 is 0 Å². The van der Waals surface area contributed by atoms with Crippen molar-refractivity contribution in [3.8, 4) is 0 Å². The molecule has 0 aromatic heterocycles. The molecule has 15 heavy (non-hydrogen) atoms. The highest BCUT2D eigenvalue weighted by Crippen LogP contribution is 2.50. The summed E-state index contributed by atoms with van der Waals surface area (Å²) in [5.74, 6) is -4.82. The van der Waals surface area contributed by atoms with E-state index in [1.54, 1.807) is 12.1 Å². The van der Waals surface area contributed by atoms with Gasteiger partial charge in [-0.05, 0) is 18.1 Å². The minimum atomic E-state index is -2.74. The van der Waals surface area contributed by atoms with Crippen molar-refractivity contribution >= 4 is 5.97 Å². The third-order valence-electron chi connectivity index (χ3n) is 2.84. The highest BCUT2D eigenvalue weighted by Gasteiger charge is 2.49. The summed E-state index contributed by atoms with van der Waals surface area (Å²) < 4.78 is 26.3. The van der Waals surface area contributed by atoms with Gasteiger partial charge in [0.05, 0.1) is 5.56 Å². The van der Waals surface area contributed by atoms with Gasteiger partial charge in [0.2, 0.25) is 0 Å². The van der Waals surface area contributed by atoms with E-state index in [1.165, 1.54) is 12.1 Å². The second kappa shape index (κ2) is 3.29. The largest absolute Gasteiger partial charge is 0.478 e. The van der Waals surface area contributed by atoms with E-state index >= 15 is 0 Å². The zero-order valence-corrected chi connectivity index (χ0v) is 7.91. The summed E-state index contributed by atoms with van der Waals surface area (Å²) in [6, 6.07) is 5.98. The minimum Gasteiger partial charge on any atom is -0.478 e. The molecule has 0 heterocycles. The van der Waals surface area contributed by atoms with Crippen LogP contribution in [0.1, 0.15) is 34.7 Å². The van der Waals surface area contributed by atoms with Crippen LogP contribution < -0.4 is 0 Å². The van der Waals surface area contributed by atoms with Crippen LogP contribution in [-0.2, 0) is 0 Å². The van der Waals surface area contributed by atoms with E-state index in [-0.39, 0.29) is 17.5 Å². The first-order chi connectivity index (χ1) is 7.02. The monoisotopic (exact) mass is 212 g/mol. The Bertz CT molecular complexity index is 401. The van der Waals surface area contributed by atoms with Crippen molar-refractivity contribution in [1.82, 2.24) is 0 Å². The molecule has 0 amide bonds. The molecule has 4 heteroatoms. The molecule has 1 unspecified atom stereocenters. The molecule has 1 fully saturated rings. The Labute approximate surface area is 85.5 Å². The number of halogens is 2. The standard InChI is InChI=1S/C11H10F2O2/c12-11(13)6-5-9(11)7-3-1-2-4-8(7)10(14)15/h1-4,9H,5-6H2,(H,14,15). The smallest absolute Gasteiger partial charge is 0.335 e. The van der Waals surface area contributed by atoms with Gasteiger partial charge in [-0.3, -0.25) is 0 Å². The van der Waals surface area contributed by atoms with Crippen LogP contribution in [0.5, 0.6) is 0 Å². The number of hydrogen-bond acceptors (Lipinski definition) is 1. The maximum Gasteiger partial charge on any atom is 0.335 e. The molecule has 80 valence electrons. The molecule has 0 aliphatic heterocycles. The number of rotatable bonds is 2. The summed E-state index contributed by atoms with van der Waals surface area (Å²) in [7, 11) is 0. The molecule has 0 radical (unpaired) electrons. The number of carbonyl (C=O) groups is 1. The molecule has 1 aromatic rings. The van der Waals surface area contributed by atoms with Crippen LogP contribution in [0, 0.1) is 0 Å². The molecule has 1 aliphatic carbocycles. The molecule has 1 aliphatic rings. The van der Waals surface area contributed by atoms with E-state index in [2.05, 4.69) is 0 Å². The molecule has 2 nitrogen and oxygen atoms in total. The molecule has 2 rings (SSSR count). The molecular formula is C11H10F2O2. The van der Waals surface area contributed by atoms with Crippen molar-refractivity contribution in [1.29, 1.82) is 0 Å². The van der Waals surface area contributed by atoms with Gasteiger partial charge in [0, 0.05) is 12.3 Å². The van der Waals surface area contributed by atoms with Gasteiger partial charge in [-0.2, -0.15) is 0 Å². The summed E-state index contributed by atoms with van der Waals surface area (Å²) in [4.78, 5) is 10.8. The molecule has 1 saturated carbocycles. The van der Waals surface area contributed by atoms with Gasteiger partial charge in [-0.15, -0.1) is 0 Å². The first-order valence-corrected chi connectivity index (χ1v) is 4.72. The van der Waals surface area contributed by atoms with Gasteiger partial charge in [0.15, 0.2) is 0 Å². The summed E-state index contributed by atoms with van der Waals surface area (Å²) in [6.45, 7) is 0. The molecule has 1 N–H and O–H groups in total. The molecule has 0 bridgehead atoms.